The molecule has 0 spiro atoms. The van der Waals surface area contributed by atoms with Gasteiger partial charge in [0.15, 0.2) is 11.7 Å². The van der Waals surface area contributed by atoms with E-state index in [1.807, 2.05) is 6.92 Å². The van der Waals surface area contributed by atoms with Crippen LogP contribution in [-0.4, -0.2) is 40.3 Å². The Kier molecular flexibility index (Phi) is 9.52. The highest BCUT2D eigenvalue weighted by molar-refractivity contribution is 14.0. The standard InChI is InChI=1S/C17H23F3N6O2S.HI/c1-6-28-15(27)12-9(2)23-14(29-12)10(3)24-16(21-4)22-7-11-8-26(5)25-13(11)17(18,19)20;/h8,10H,6-7H2,1-5H3,(H2,21,22,24);1H. The number of aryl methyl sites for hydroxylation is 2. The minimum atomic E-state index is -4.54. The molecule has 2 N–H and O–H groups in total. The predicted octanol–water partition coefficient (Wildman–Crippen LogP) is 3.42. The topological polar surface area (TPSA) is 93.4 Å². The van der Waals surface area contributed by atoms with Crippen molar-refractivity contribution in [2.24, 2.45) is 12.0 Å². The van der Waals surface area contributed by atoms with E-state index in [-0.39, 0.29) is 48.7 Å². The summed E-state index contributed by atoms with van der Waals surface area (Å²) in [5, 5.41) is 10.0. The van der Waals surface area contributed by atoms with E-state index in [0.29, 0.717) is 21.5 Å². The molecule has 0 amide bonds. The molecule has 1 atom stereocenters. The fourth-order valence-electron chi connectivity index (χ4n) is 2.53. The number of nitrogens with zero attached hydrogens (tertiary/aromatic N) is 4. The number of aromatic nitrogens is 3. The van der Waals surface area contributed by atoms with Gasteiger partial charge in [-0.15, -0.1) is 35.3 Å². The minimum Gasteiger partial charge on any atom is -0.462 e. The number of hydrogen-bond donors (Lipinski definition) is 2. The van der Waals surface area contributed by atoms with Crippen LogP contribution < -0.4 is 10.6 Å². The molecule has 13 heteroatoms. The molecule has 2 aromatic rings. The van der Waals surface area contributed by atoms with Crippen molar-refractivity contribution < 1.29 is 22.7 Å². The van der Waals surface area contributed by atoms with Crippen molar-refractivity contribution in [3.8, 4) is 0 Å². The second kappa shape index (κ2) is 10.9. The molecular weight excluding hydrogens is 536 g/mol. The molecule has 8 nitrogen and oxygen atoms in total. The number of rotatable bonds is 6. The van der Waals surface area contributed by atoms with E-state index in [0.717, 1.165) is 4.68 Å². The van der Waals surface area contributed by atoms with E-state index in [4.69, 9.17) is 4.74 Å². The molecule has 0 saturated heterocycles. The number of nitrogens with one attached hydrogen (secondary N) is 2. The van der Waals surface area contributed by atoms with Crippen molar-refractivity contribution in [3.05, 3.63) is 33.0 Å². The Hall–Kier alpha value is -1.90. The first-order valence-electron chi connectivity index (χ1n) is 8.78. The number of esters is 1. The molecule has 30 heavy (non-hydrogen) atoms. The van der Waals surface area contributed by atoms with Gasteiger partial charge in [0.2, 0.25) is 0 Å². The van der Waals surface area contributed by atoms with Crippen LogP contribution in [0.15, 0.2) is 11.2 Å². The molecule has 2 aromatic heterocycles. The molecule has 0 aliphatic rings. The van der Waals surface area contributed by atoms with Gasteiger partial charge in [-0.1, -0.05) is 0 Å². The molecular formula is C17H24F3IN6O2S. The molecule has 2 heterocycles. The zero-order chi connectivity index (χ0) is 21.8. The highest BCUT2D eigenvalue weighted by Gasteiger charge is 2.36. The third-order valence-electron chi connectivity index (χ3n) is 3.84. The molecule has 1 unspecified atom stereocenters. The number of aliphatic imine (C=N–C) groups is 1. The lowest BCUT2D eigenvalue weighted by Gasteiger charge is -2.16. The third-order valence-corrected chi connectivity index (χ3v) is 5.16. The van der Waals surface area contributed by atoms with Crippen LogP contribution in [0.25, 0.3) is 0 Å². The van der Waals surface area contributed by atoms with Crippen LogP contribution in [0.1, 0.15) is 51.5 Å². The van der Waals surface area contributed by atoms with Gasteiger partial charge in [0.25, 0.3) is 0 Å². The number of ether oxygens (including phenoxy) is 1. The number of halogens is 4. The Morgan fingerprint density at radius 2 is 2.10 bits per heavy atom. The summed E-state index contributed by atoms with van der Waals surface area (Å²) in [5.74, 6) is -0.139. The van der Waals surface area contributed by atoms with E-state index < -0.39 is 17.8 Å². The van der Waals surface area contributed by atoms with Crippen molar-refractivity contribution in [1.29, 1.82) is 0 Å². The Morgan fingerprint density at radius 3 is 2.67 bits per heavy atom. The number of thiazole rings is 1. The van der Waals surface area contributed by atoms with E-state index in [1.165, 1.54) is 31.6 Å². The fraction of sp³-hybridized carbons (Fsp3) is 0.529. The summed E-state index contributed by atoms with van der Waals surface area (Å²) in [6.45, 7) is 5.41. The molecule has 0 radical (unpaired) electrons. The maximum Gasteiger partial charge on any atom is 0.435 e. The Balaban J connectivity index is 0.00000450. The van der Waals surface area contributed by atoms with E-state index in [1.54, 1.807) is 13.8 Å². The average Bonchev–Trinajstić information content (AvgIpc) is 3.21. The van der Waals surface area contributed by atoms with Crippen molar-refractivity contribution in [2.75, 3.05) is 13.7 Å². The summed E-state index contributed by atoms with van der Waals surface area (Å²) in [6.07, 6.45) is -3.23. The zero-order valence-corrected chi connectivity index (χ0v) is 20.3. The van der Waals surface area contributed by atoms with Crippen LogP contribution in [0.5, 0.6) is 0 Å². The van der Waals surface area contributed by atoms with Gasteiger partial charge >= 0.3 is 12.1 Å². The van der Waals surface area contributed by atoms with Crippen molar-refractivity contribution >= 4 is 47.2 Å². The van der Waals surface area contributed by atoms with Crippen LogP contribution in [0.3, 0.4) is 0 Å². The summed E-state index contributed by atoms with van der Waals surface area (Å²) in [7, 11) is 2.94. The fourth-order valence-corrected chi connectivity index (χ4v) is 3.50. The van der Waals surface area contributed by atoms with Crippen LogP contribution in [0, 0.1) is 6.92 Å². The molecule has 0 aromatic carbocycles. The minimum absolute atomic E-state index is 0. The first-order valence-corrected chi connectivity index (χ1v) is 9.59. The molecule has 2 rings (SSSR count). The van der Waals surface area contributed by atoms with Gasteiger partial charge in [-0.2, -0.15) is 18.3 Å². The lowest BCUT2D eigenvalue weighted by molar-refractivity contribution is -0.142. The summed E-state index contributed by atoms with van der Waals surface area (Å²) in [6, 6.07) is -0.330. The average molecular weight is 560 g/mol. The highest BCUT2D eigenvalue weighted by Crippen LogP contribution is 2.30. The lowest BCUT2D eigenvalue weighted by atomic mass is 10.2. The first-order chi connectivity index (χ1) is 13.6. The summed E-state index contributed by atoms with van der Waals surface area (Å²) >= 11 is 1.20. The second-order valence-electron chi connectivity index (χ2n) is 6.15. The van der Waals surface area contributed by atoms with Gasteiger partial charge in [0, 0.05) is 32.4 Å². The van der Waals surface area contributed by atoms with Crippen LogP contribution in [0.4, 0.5) is 13.2 Å². The van der Waals surface area contributed by atoms with Gasteiger partial charge in [0.1, 0.15) is 9.88 Å². The normalized spacial score (nSPS) is 12.9. The molecule has 168 valence electrons. The van der Waals surface area contributed by atoms with Crippen molar-refractivity contribution in [3.63, 3.8) is 0 Å². The van der Waals surface area contributed by atoms with Crippen LogP contribution in [-0.2, 0) is 24.5 Å². The van der Waals surface area contributed by atoms with Gasteiger partial charge in [-0.3, -0.25) is 9.67 Å². The van der Waals surface area contributed by atoms with Gasteiger partial charge in [-0.05, 0) is 20.8 Å². The van der Waals surface area contributed by atoms with Crippen LogP contribution in [0.2, 0.25) is 0 Å². The molecule has 0 fully saturated rings. The number of alkyl halides is 3. The largest absolute Gasteiger partial charge is 0.462 e. The van der Waals surface area contributed by atoms with Crippen molar-refractivity contribution in [1.82, 2.24) is 25.4 Å². The Labute approximate surface area is 193 Å². The zero-order valence-electron chi connectivity index (χ0n) is 17.1. The van der Waals surface area contributed by atoms with E-state index in [2.05, 4.69) is 25.7 Å². The molecule has 0 aliphatic heterocycles. The number of guanidine groups is 1. The Bertz CT molecular complexity index is 897. The number of hydrogen-bond acceptors (Lipinski definition) is 6. The highest BCUT2D eigenvalue weighted by atomic mass is 127. The van der Waals surface area contributed by atoms with E-state index in [9.17, 15) is 18.0 Å². The maximum atomic E-state index is 13.1. The monoisotopic (exact) mass is 560 g/mol. The summed E-state index contributed by atoms with van der Waals surface area (Å²) in [5.41, 5.74) is -0.374. The summed E-state index contributed by atoms with van der Waals surface area (Å²) < 4.78 is 45.3. The number of carbonyl (C=O) groups excluding carboxylic acids is 1. The van der Waals surface area contributed by atoms with Gasteiger partial charge in [0.05, 0.1) is 18.3 Å². The first kappa shape index (κ1) is 26.1. The van der Waals surface area contributed by atoms with Gasteiger partial charge in [-0.25, -0.2) is 9.78 Å². The quantitative estimate of drug-likeness (QED) is 0.244. The van der Waals surface area contributed by atoms with E-state index >= 15 is 0 Å². The maximum absolute atomic E-state index is 13.1. The second-order valence-corrected chi connectivity index (χ2v) is 7.18. The van der Waals surface area contributed by atoms with Gasteiger partial charge < -0.3 is 15.4 Å². The van der Waals surface area contributed by atoms with Crippen LogP contribution >= 0.6 is 35.3 Å². The Morgan fingerprint density at radius 1 is 1.43 bits per heavy atom. The third kappa shape index (κ3) is 6.55. The SMILES string of the molecule is CCOC(=O)c1sc(C(C)NC(=NC)NCc2cn(C)nc2C(F)(F)F)nc1C.I. The molecule has 0 aliphatic carbocycles. The molecule has 0 bridgehead atoms. The number of carbonyl (C=O) groups is 1. The predicted molar refractivity (Wildman–Crippen MR) is 118 cm³/mol. The smallest absolute Gasteiger partial charge is 0.435 e. The molecule has 0 saturated carbocycles. The lowest BCUT2D eigenvalue weighted by Crippen LogP contribution is -2.38. The van der Waals surface area contributed by atoms with Crippen molar-refractivity contribution in [2.45, 2.75) is 39.5 Å². The summed E-state index contributed by atoms with van der Waals surface area (Å²) in [4.78, 5) is 20.8.